The number of carbonyl (C=O) groups is 4. The Labute approximate surface area is 233 Å². The fourth-order valence-electron chi connectivity index (χ4n) is 3.98. The average Bonchev–Trinajstić information content (AvgIpc) is 3.55. The van der Waals surface area contributed by atoms with Gasteiger partial charge in [-0.15, -0.1) is 23.1 Å². The molecule has 1 fully saturated rings. The molecule has 0 saturated carbocycles. The Kier molecular flexibility index (Phi) is 6.92. The summed E-state index contributed by atoms with van der Waals surface area (Å²) in [6.45, 7) is 2.63. The molecule has 2 aliphatic heterocycles. The highest BCUT2D eigenvalue weighted by Crippen LogP contribution is 2.40. The van der Waals surface area contributed by atoms with Gasteiger partial charge in [0.05, 0.1) is 16.4 Å². The van der Waals surface area contributed by atoms with Gasteiger partial charge >= 0.3 is 12.0 Å². The van der Waals surface area contributed by atoms with Crippen molar-refractivity contribution in [3.8, 4) is 0 Å². The normalized spacial score (nSPS) is 19.3. The molecule has 2 amide bonds. The first-order valence-electron chi connectivity index (χ1n) is 11.6. The van der Waals surface area contributed by atoms with Crippen molar-refractivity contribution in [2.24, 2.45) is 5.16 Å². The molecule has 3 aromatic heterocycles. The number of pyridine rings is 1. The number of hydrogen-bond donors (Lipinski definition) is 3. The molecule has 5 rings (SSSR count). The van der Waals surface area contributed by atoms with Crippen LogP contribution in [0.2, 0.25) is 0 Å². The topological polar surface area (TPSA) is 217 Å². The van der Waals surface area contributed by atoms with Crippen LogP contribution in [-0.4, -0.2) is 72.4 Å². The van der Waals surface area contributed by atoms with Crippen LogP contribution in [0.1, 0.15) is 19.7 Å². The third-order valence-electron chi connectivity index (χ3n) is 6.11. The molecule has 0 aromatic carbocycles. The minimum Gasteiger partial charge on any atom is -0.543 e. The van der Waals surface area contributed by atoms with Gasteiger partial charge in [0.1, 0.15) is 11.4 Å². The van der Waals surface area contributed by atoms with E-state index >= 15 is 0 Å². The number of carbonyl (C=O) groups excluding carboxylic acids is 3. The fraction of sp³-hybridized carbons (Fsp3) is 0.304. The number of carboxylic acids is 2. The highest BCUT2D eigenvalue weighted by atomic mass is 32.2. The van der Waals surface area contributed by atoms with Gasteiger partial charge < -0.3 is 35.4 Å². The van der Waals surface area contributed by atoms with Crippen LogP contribution >= 0.6 is 23.1 Å². The van der Waals surface area contributed by atoms with Gasteiger partial charge in [0.25, 0.3) is 11.8 Å². The Hall–Kier alpha value is -4.51. The zero-order valence-corrected chi connectivity index (χ0v) is 22.5. The molecule has 0 radical (unpaired) electrons. The van der Waals surface area contributed by atoms with E-state index in [1.807, 2.05) is 34.5 Å². The van der Waals surface area contributed by atoms with Gasteiger partial charge in [-0.25, -0.2) is 4.79 Å². The number of β-lactam (4-membered cyclic amide) rings is 1. The number of carboxylic acid groups (broad SMARTS) is 2. The third kappa shape index (κ3) is 4.95. The zero-order chi connectivity index (χ0) is 28.8. The second-order valence-electron chi connectivity index (χ2n) is 9.26. The molecule has 17 heteroatoms. The molecule has 0 spiro atoms. The van der Waals surface area contributed by atoms with E-state index in [4.69, 9.17) is 10.6 Å². The first kappa shape index (κ1) is 27.1. The number of fused-ring (bicyclic) bond motifs is 2. The average molecular weight is 588 g/mol. The molecule has 4 N–H and O–H groups in total. The molecule has 2 aliphatic rings. The Morgan fingerprint density at radius 1 is 1.40 bits per heavy atom. The number of nitrogens with one attached hydrogen (secondary N) is 1. The van der Waals surface area contributed by atoms with Crippen molar-refractivity contribution >= 4 is 68.7 Å². The maximum absolute atomic E-state index is 13.1. The fourth-order valence-corrected chi connectivity index (χ4v) is 6.14. The molecule has 40 heavy (non-hydrogen) atoms. The number of thioether (sulfide) groups is 1. The van der Waals surface area contributed by atoms with Gasteiger partial charge in [0.2, 0.25) is 17.1 Å². The highest BCUT2D eigenvalue weighted by Gasteiger charge is 2.53. The van der Waals surface area contributed by atoms with Crippen molar-refractivity contribution in [3.63, 3.8) is 0 Å². The molecule has 5 heterocycles. The van der Waals surface area contributed by atoms with Crippen LogP contribution in [-0.2, 0) is 30.6 Å². The van der Waals surface area contributed by atoms with E-state index < -0.39 is 58.3 Å². The van der Waals surface area contributed by atoms with Crippen LogP contribution < -0.4 is 20.7 Å². The van der Waals surface area contributed by atoms with Crippen LogP contribution in [0.5, 0.6) is 0 Å². The summed E-state index contributed by atoms with van der Waals surface area (Å²) in [5.41, 5.74) is 3.25. The Balaban J connectivity index is 1.36. The van der Waals surface area contributed by atoms with Crippen molar-refractivity contribution in [1.82, 2.24) is 20.4 Å². The number of amides is 2. The summed E-state index contributed by atoms with van der Waals surface area (Å²) in [5.74, 6) is -4.70. The van der Waals surface area contributed by atoms with E-state index in [0.717, 1.165) is 15.0 Å². The van der Waals surface area contributed by atoms with Crippen molar-refractivity contribution < 1.29 is 43.3 Å². The molecule has 1 saturated heterocycles. The van der Waals surface area contributed by atoms with E-state index in [0.29, 0.717) is 5.57 Å². The Morgan fingerprint density at radius 2 is 2.17 bits per heavy atom. The van der Waals surface area contributed by atoms with Gasteiger partial charge in [0.15, 0.2) is 18.9 Å². The van der Waals surface area contributed by atoms with Crippen molar-refractivity contribution in [1.29, 1.82) is 0 Å². The smallest absolute Gasteiger partial charge is 0.350 e. The largest absolute Gasteiger partial charge is 0.543 e. The Bertz CT molecular complexity index is 1610. The minimum absolute atomic E-state index is 0.227. The standard InChI is InChI=1S/C23H21N7O8S2/c1-23(2,21(35)36)38-27-13(16-26-22(24)37-28-16)17(31)25-14-18(32)30-15(20(33)34)11(9-40-19(14)30)7-29-5-3-10-4-6-39-12(10)8-29/h3-6,8,14,19H,7,9H2,1-2H3,(H4-,24,25,26,28,31,33,34,35,36)/t14?,19-/m0/s1. The van der Waals surface area contributed by atoms with E-state index in [-0.39, 0.29) is 18.0 Å². The van der Waals surface area contributed by atoms with Crippen LogP contribution in [0.3, 0.4) is 0 Å². The van der Waals surface area contributed by atoms with Crippen molar-refractivity contribution in [2.75, 3.05) is 11.5 Å². The SMILES string of the molecule is CC(C)(ON=C(C(=O)NC1C(=O)N2C(C(=O)[O-])=C(C[n+]3ccc4ccsc4c3)CS[C@@H]12)c1noc(N)n1)C(=O)O. The van der Waals surface area contributed by atoms with E-state index in [1.54, 1.807) is 11.3 Å². The second-order valence-corrected chi connectivity index (χ2v) is 11.3. The lowest BCUT2D eigenvalue weighted by atomic mass is 10.0. The maximum Gasteiger partial charge on any atom is 0.350 e. The molecular weight excluding hydrogens is 566 g/mol. The number of hydrogen-bond acceptors (Lipinski definition) is 13. The number of nitrogen functional groups attached to an aromatic ring is 1. The molecule has 208 valence electrons. The number of aromatic nitrogens is 3. The van der Waals surface area contributed by atoms with Gasteiger partial charge in [-0.3, -0.25) is 14.5 Å². The van der Waals surface area contributed by atoms with Crippen LogP contribution in [0, 0.1) is 0 Å². The van der Waals surface area contributed by atoms with Gasteiger partial charge in [0, 0.05) is 22.8 Å². The van der Waals surface area contributed by atoms with Crippen LogP contribution in [0.4, 0.5) is 6.01 Å². The number of aliphatic carboxylic acids is 2. The van der Waals surface area contributed by atoms with E-state index in [1.165, 1.54) is 25.6 Å². The summed E-state index contributed by atoms with van der Waals surface area (Å²) in [6, 6.07) is 2.37. The van der Waals surface area contributed by atoms with Crippen LogP contribution in [0.15, 0.2) is 50.9 Å². The molecule has 1 unspecified atom stereocenters. The predicted octanol–water partition coefficient (Wildman–Crippen LogP) is -1.16. The number of rotatable bonds is 9. The molecule has 2 atom stereocenters. The van der Waals surface area contributed by atoms with E-state index in [9.17, 15) is 29.4 Å². The molecule has 0 aliphatic carbocycles. The highest BCUT2D eigenvalue weighted by molar-refractivity contribution is 8.00. The van der Waals surface area contributed by atoms with Gasteiger partial charge in [-0.05, 0) is 25.3 Å². The lowest BCUT2D eigenvalue weighted by Crippen LogP contribution is -2.71. The lowest BCUT2D eigenvalue weighted by molar-refractivity contribution is -0.687. The minimum atomic E-state index is -1.82. The first-order chi connectivity index (χ1) is 19.0. The maximum atomic E-state index is 13.1. The van der Waals surface area contributed by atoms with E-state index in [2.05, 4.69) is 25.1 Å². The molecule has 3 aromatic rings. The summed E-state index contributed by atoms with van der Waals surface area (Å²) >= 11 is 2.82. The number of nitrogens with two attached hydrogens (primary N) is 1. The predicted molar refractivity (Wildman–Crippen MR) is 137 cm³/mol. The quantitative estimate of drug-likeness (QED) is 0.117. The molecule has 0 bridgehead atoms. The Morgan fingerprint density at radius 3 is 2.85 bits per heavy atom. The second kappa shape index (κ2) is 10.2. The first-order valence-corrected chi connectivity index (χ1v) is 13.5. The van der Waals surface area contributed by atoms with Gasteiger partial charge in [-0.1, -0.05) is 10.3 Å². The monoisotopic (exact) mass is 587 g/mol. The lowest BCUT2D eigenvalue weighted by Gasteiger charge is -2.50. The summed E-state index contributed by atoms with van der Waals surface area (Å²) in [5, 5.41) is 33.2. The zero-order valence-electron chi connectivity index (χ0n) is 20.9. The van der Waals surface area contributed by atoms with Crippen molar-refractivity contribution in [2.45, 2.75) is 37.4 Å². The summed E-state index contributed by atoms with van der Waals surface area (Å²) in [7, 11) is 0. The summed E-state index contributed by atoms with van der Waals surface area (Å²) in [4.78, 5) is 59.5. The third-order valence-corrected chi connectivity index (χ3v) is 8.31. The van der Waals surface area contributed by atoms with Crippen LogP contribution in [0.25, 0.3) is 10.1 Å². The molecular formula is C23H21N7O8S2. The number of oxime groups is 1. The summed E-state index contributed by atoms with van der Waals surface area (Å²) < 4.78 is 7.53. The van der Waals surface area contributed by atoms with Gasteiger partial charge in [-0.2, -0.15) is 9.55 Å². The number of anilines is 1. The van der Waals surface area contributed by atoms with Crippen molar-refractivity contribution in [3.05, 3.63) is 47.0 Å². The number of thiophene rings is 1. The summed E-state index contributed by atoms with van der Waals surface area (Å²) in [6.07, 6.45) is 3.73. The molecule has 15 nitrogen and oxygen atoms in total. The number of nitrogens with zero attached hydrogens (tertiary/aromatic N) is 5.